The molecule has 0 aromatic heterocycles. The van der Waals surface area contributed by atoms with Gasteiger partial charge in [-0.15, -0.1) is 0 Å². The Morgan fingerprint density at radius 1 is 0.875 bits per heavy atom. The van der Waals surface area contributed by atoms with Gasteiger partial charge in [-0.25, -0.2) is 8.42 Å². The number of ether oxygens (including phenoxy) is 3. The van der Waals surface area contributed by atoms with Crippen molar-refractivity contribution in [2.75, 3.05) is 46.6 Å². The van der Waals surface area contributed by atoms with Gasteiger partial charge in [-0.05, 0) is 71.6 Å². The molecule has 5 rings (SSSR count). The van der Waals surface area contributed by atoms with Crippen molar-refractivity contribution in [1.29, 1.82) is 0 Å². The van der Waals surface area contributed by atoms with Crippen LogP contribution in [0.3, 0.4) is 0 Å². The van der Waals surface area contributed by atoms with Crippen molar-refractivity contribution in [2.24, 2.45) is 0 Å². The van der Waals surface area contributed by atoms with E-state index in [9.17, 15) is 18.0 Å². The van der Waals surface area contributed by atoms with Gasteiger partial charge in [0.15, 0.2) is 6.61 Å². The quantitative estimate of drug-likeness (QED) is 0.201. The Morgan fingerprint density at radius 2 is 1.50 bits per heavy atom. The van der Waals surface area contributed by atoms with Crippen LogP contribution in [0.5, 0.6) is 11.5 Å². The van der Waals surface area contributed by atoms with Crippen molar-refractivity contribution in [2.45, 2.75) is 23.9 Å². The van der Waals surface area contributed by atoms with Crippen LogP contribution in [-0.2, 0) is 37.3 Å². The van der Waals surface area contributed by atoms with Crippen LogP contribution >= 0.6 is 11.6 Å². The summed E-state index contributed by atoms with van der Waals surface area (Å²) in [5.41, 5.74) is 2.44. The summed E-state index contributed by atoms with van der Waals surface area (Å²) in [5, 5.41) is 3.57. The molecule has 4 aromatic rings. The highest BCUT2D eigenvalue weighted by molar-refractivity contribution is 7.89. The zero-order chi connectivity index (χ0) is 33.9. The third-order valence-corrected chi connectivity index (χ3v) is 10.1. The minimum atomic E-state index is -3.68. The molecule has 1 N–H and O–H groups in total. The second kappa shape index (κ2) is 16.6. The number of nitrogens with one attached hydrogen (secondary N) is 1. The predicted octanol–water partition coefficient (Wildman–Crippen LogP) is 4.88. The summed E-state index contributed by atoms with van der Waals surface area (Å²) in [7, 11) is -2.07. The molecule has 1 aliphatic rings. The second-order valence-corrected chi connectivity index (χ2v) is 13.5. The van der Waals surface area contributed by atoms with Crippen molar-refractivity contribution in [3.05, 3.63) is 125 Å². The standard InChI is InChI=1S/C36H38ClN3O7S/c1-45-31-13-9-27(10-14-31)19-20-38-36(42)35(29-5-3-2-4-6-29)40(25-28-7-11-30(37)12-8-28)34(41)26-47-32-15-17-33(18-16-32)48(43,44)39-21-23-46-24-22-39/h2-18,35H,19-26H2,1H3,(H,38,42). The molecular weight excluding hydrogens is 654 g/mol. The summed E-state index contributed by atoms with van der Waals surface area (Å²) in [6.07, 6.45) is 0.586. The molecule has 4 aromatic carbocycles. The number of carbonyl (C=O) groups is 2. The maximum absolute atomic E-state index is 14.0. The zero-order valence-corrected chi connectivity index (χ0v) is 28.2. The van der Waals surface area contributed by atoms with E-state index in [1.807, 2.05) is 54.6 Å². The lowest BCUT2D eigenvalue weighted by atomic mass is 10.0. The van der Waals surface area contributed by atoms with E-state index in [1.54, 1.807) is 31.4 Å². The van der Waals surface area contributed by atoms with Crippen molar-refractivity contribution in [3.8, 4) is 11.5 Å². The topological polar surface area (TPSA) is 114 Å². The lowest BCUT2D eigenvalue weighted by Crippen LogP contribution is -2.45. The van der Waals surface area contributed by atoms with E-state index in [4.69, 9.17) is 25.8 Å². The number of amides is 2. The molecule has 252 valence electrons. The van der Waals surface area contributed by atoms with Crippen LogP contribution in [0, 0.1) is 0 Å². The largest absolute Gasteiger partial charge is 0.497 e. The van der Waals surface area contributed by atoms with Gasteiger partial charge in [-0.1, -0.05) is 66.2 Å². The molecule has 1 saturated heterocycles. The number of sulfonamides is 1. The van der Waals surface area contributed by atoms with Crippen molar-refractivity contribution < 1.29 is 32.2 Å². The van der Waals surface area contributed by atoms with E-state index in [-0.39, 0.29) is 37.0 Å². The molecule has 0 aliphatic carbocycles. The first-order valence-electron chi connectivity index (χ1n) is 15.5. The van der Waals surface area contributed by atoms with Crippen LogP contribution in [0.25, 0.3) is 0 Å². The summed E-state index contributed by atoms with van der Waals surface area (Å²) < 4.78 is 43.8. The van der Waals surface area contributed by atoms with Crippen molar-refractivity contribution in [3.63, 3.8) is 0 Å². The molecule has 10 nitrogen and oxygen atoms in total. The Kier molecular flexibility index (Phi) is 12.1. The molecule has 48 heavy (non-hydrogen) atoms. The summed E-state index contributed by atoms with van der Waals surface area (Å²) >= 11 is 6.13. The van der Waals surface area contributed by atoms with Gasteiger partial charge in [0.05, 0.1) is 25.2 Å². The van der Waals surface area contributed by atoms with Crippen LogP contribution in [0.2, 0.25) is 5.02 Å². The average Bonchev–Trinajstić information content (AvgIpc) is 3.12. The lowest BCUT2D eigenvalue weighted by Gasteiger charge is -2.31. The highest BCUT2D eigenvalue weighted by Gasteiger charge is 2.32. The maximum atomic E-state index is 14.0. The molecule has 0 spiro atoms. The smallest absolute Gasteiger partial charge is 0.261 e. The van der Waals surface area contributed by atoms with E-state index in [0.717, 1.165) is 16.9 Å². The van der Waals surface area contributed by atoms with Crippen LogP contribution < -0.4 is 14.8 Å². The van der Waals surface area contributed by atoms with Gasteiger partial charge in [0.2, 0.25) is 15.9 Å². The first-order valence-corrected chi connectivity index (χ1v) is 17.4. The van der Waals surface area contributed by atoms with Crippen LogP contribution in [-0.4, -0.2) is 76.0 Å². The van der Waals surface area contributed by atoms with Gasteiger partial charge >= 0.3 is 0 Å². The molecule has 1 aliphatic heterocycles. The second-order valence-electron chi connectivity index (χ2n) is 11.1. The Labute approximate surface area is 286 Å². The van der Waals surface area contributed by atoms with Gasteiger partial charge in [-0.3, -0.25) is 9.59 Å². The summed E-state index contributed by atoms with van der Waals surface area (Å²) in [6.45, 7) is 1.35. The maximum Gasteiger partial charge on any atom is 0.261 e. The van der Waals surface area contributed by atoms with Crippen molar-refractivity contribution in [1.82, 2.24) is 14.5 Å². The molecule has 2 amide bonds. The Hall–Kier alpha value is -4.42. The van der Waals surface area contributed by atoms with Gasteiger partial charge in [-0.2, -0.15) is 4.31 Å². The van der Waals surface area contributed by atoms with Crippen molar-refractivity contribution >= 4 is 33.4 Å². The highest BCUT2D eigenvalue weighted by atomic mass is 35.5. The molecule has 1 fully saturated rings. The highest BCUT2D eigenvalue weighted by Crippen LogP contribution is 2.26. The monoisotopic (exact) mass is 691 g/mol. The number of benzene rings is 4. The fourth-order valence-corrected chi connectivity index (χ4v) is 6.84. The number of nitrogens with zero attached hydrogens (tertiary/aromatic N) is 2. The number of hydrogen-bond donors (Lipinski definition) is 1. The van der Waals surface area contributed by atoms with Crippen LogP contribution in [0.15, 0.2) is 108 Å². The van der Waals surface area contributed by atoms with Gasteiger partial charge in [0, 0.05) is 31.2 Å². The number of halogens is 1. The van der Waals surface area contributed by atoms with E-state index >= 15 is 0 Å². The first kappa shape index (κ1) is 34.9. The number of morpholine rings is 1. The van der Waals surface area contributed by atoms with Gasteiger partial charge in [0.25, 0.3) is 5.91 Å². The average molecular weight is 692 g/mol. The molecular formula is C36H38ClN3O7S. The molecule has 1 atom stereocenters. The summed E-state index contributed by atoms with van der Waals surface area (Å²) in [6, 6.07) is 28.8. The molecule has 0 bridgehead atoms. The summed E-state index contributed by atoms with van der Waals surface area (Å²) in [5.74, 6) is 0.291. The predicted molar refractivity (Wildman–Crippen MR) is 182 cm³/mol. The van der Waals surface area contributed by atoms with E-state index in [2.05, 4.69) is 5.32 Å². The Morgan fingerprint density at radius 3 is 2.15 bits per heavy atom. The normalized spacial score (nSPS) is 14.1. The molecule has 0 saturated carbocycles. The Bertz CT molecular complexity index is 1750. The van der Waals surface area contributed by atoms with Gasteiger partial charge < -0.3 is 24.4 Å². The number of rotatable bonds is 14. The molecule has 0 radical (unpaired) electrons. The third kappa shape index (κ3) is 9.13. The minimum Gasteiger partial charge on any atom is -0.497 e. The number of hydrogen-bond acceptors (Lipinski definition) is 7. The summed E-state index contributed by atoms with van der Waals surface area (Å²) in [4.78, 5) is 29.5. The fraction of sp³-hybridized carbons (Fsp3) is 0.278. The lowest BCUT2D eigenvalue weighted by molar-refractivity contribution is -0.143. The molecule has 1 heterocycles. The van der Waals surface area contributed by atoms with E-state index < -0.39 is 22.0 Å². The fourth-order valence-electron chi connectivity index (χ4n) is 5.31. The number of methoxy groups -OCH3 is 1. The first-order chi connectivity index (χ1) is 23.2. The SMILES string of the molecule is COc1ccc(CCNC(=O)C(c2ccccc2)N(Cc2ccc(Cl)cc2)C(=O)COc2ccc(S(=O)(=O)N3CCOCC3)cc2)cc1. The van der Waals surface area contributed by atoms with E-state index in [1.165, 1.54) is 33.5 Å². The van der Waals surface area contributed by atoms with Crippen LogP contribution in [0.1, 0.15) is 22.7 Å². The van der Waals surface area contributed by atoms with Gasteiger partial charge in [0.1, 0.15) is 17.5 Å². The van der Waals surface area contributed by atoms with Crippen LogP contribution in [0.4, 0.5) is 0 Å². The third-order valence-electron chi connectivity index (χ3n) is 7.93. The number of carbonyl (C=O) groups excluding carboxylic acids is 2. The van der Waals surface area contributed by atoms with E-state index in [0.29, 0.717) is 42.5 Å². The molecule has 12 heteroatoms. The zero-order valence-electron chi connectivity index (χ0n) is 26.6. The Balaban J connectivity index is 1.33. The molecule has 1 unspecified atom stereocenters. The minimum absolute atomic E-state index is 0.113.